The van der Waals surface area contributed by atoms with Gasteiger partial charge in [0.25, 0.3) is 5.91 Å². The molecule has 2 heterocycles. The van der Waals surface area contributed by atoms with Crippen molar-refractivity contribution < 1.29 is 13.6 Å². The van der Waals surface area contributed by atoms with Crippen LogP contribution >= 0.6 is 11.6 Å². The monoisotopic (exact) mass is 414 g/mol. The van der Waals surface area contributed by atoms with Crippen LogP contribution in [0.1, 0.15) is 10.4 Å². The van der Waals surface area contributed by atoms with Gasteiger partial charge < -0.3 is 9.80 Å². The molecule has 8 heteroatoms. The number of halogens is 3. The highest BCUT2D eigenvalue weighted by Gasteiger charge is 2.26. The number of hydrogen-bond donors (Lipinski definition) is 0. The Morgan fingerprint density at radius 2 is 1.69 bits per heavy atom. The Morgan fingerprint density at radius 3 is 2.38 bits per heavy atom. The summed E-state index contributed by atoms with van der Waals surface area (Å²) in [6.45, 7) is 1.91. The van der Waals surface area contributed by atoms with Gasteiger partial charge in [0.2, 0.25) is 0 Å². The van der Waals surface area contributed by atoms with Gasteiger partial charge in [-0.1, -0.05) is 17.7 Å². The number of aromatic nitrogens is 2. The second-order valence-electron chi connectivity index (χ2n) is 6.64. The van der Waals surface area contributed by atoms with Gasteiger partial charge in [-0.25, -0.2) is 18.7 Å². The van der Waals surface area contributed by atoms with E-state index in [0.717, 1.165) is 11.4 Å². The van der Waals surface area contributed by atoms with Crippen LogP contribution in [0.3, 0.4) is 0 Å². The molecule has 1 aliphatic rings. The third-order valence-corrected chi connectivity index (χ3v) is 5.18. The van der Waals surface area contributed by atoms with E-state index in [4.69, 9.17) is 11.6 Å². The quantitative estimate of drug-likeness (QED) is 0.649. The summed E-state index contributed by atoms with van der Waals surface area (Å²) >= 11 is 6.02. The summed E-state index contributed by atoms with van der Waals surface area (Å²) in [7, 11) is 0. The summed E-state index contributed by atoms with van der Waals surface area (Å²) in [6, 6.07) is 12.1. The summed E-state index contributed by atoms with van der Waals surface area (Å²) in [5, 5.41) is 0.108. The maximum absolute atomic E-state index is 14.0. The van der Waals surface area contributed by atoms with E-state index >= 15 is 0 Å². The first-order valence-electron chi connectivity index (χ1n) is 9.09. The largest absolute Gasteiger partial charge is 0.353 e. The lowest BCUT2D eigenvalue weighted by molar-refractivity contribution is 0.0742. The van der Waals surface area contributed by atoms with E-state index in [0.29, 0.717) is 31.9 Å². The van der Waals surface area contributed by atoms with Crippen LogP contribution in [0.15, 0.2) is 54.9 Å². The molecule has 0 radical (unpaired) electrons. The van der Waals surface area contributed by atoms with Crippen molar-refractivity contribution in [2.45, 2.75) is 0 Å². The molecule has 5 nitrogen and oxygen atoms in total. The Morgan fingerprint density at radius 1 is 0.966 bits per heavy atom. The Bertz CT molecular complexity index is 1020. The summed E-state index contributed by atoms with van der Waals surface area (Å²) in [6.07, 6.45) is 1.46. The lowest BCUT2D eigenvalue weighted by Crippen LogP contribution is -2.49. The molecule has 0 N–H and O–H groups in total. The van der Waals surface area contributed by atoms with Gasteiger partial charge in [0.15, 0.2) is 0 Å². The predicted molar refractivity (Wildman–Crippen MR) is 107 cm³/mol. The van der Waals surface area contributed by atoms with Gasteiger partial charge in [-0.15, -0.1) is 0 Å². The van der Waals surface area contributed by atoms with Crippen molar-refractivity contribution in [3.8, 4) is 11.3 Å². The minimum Gasteiger partial charge on any atom is -0.353 e. The van der Waals surface area contributed by atoms with Crippen molar-refractivity contribution in [2.75, 3.05) is 31.1 Å². The molecule has 1 saturated heterocycles. The zero-order valence-corrected chi connectivity index (χ0v) is 16.1. The Labute approximate surface area is 171 Å². The van der Waals surface area contributed by atoms with E-state index in [2.05, 4.69) is 9.97 Å². The van der Waals surface area contributed by atoms with Crippen molar-refractivity contribution in [1.29, 1.82) is 0 Å². The third kappa shape index (κ3) is 4.05. The van der Waals surface area contributed by atoms with Gasteiger partial charge in [-0.05, 0) is 36.4 Å². The molecule has 1 fully saturated rings. The fraction of sp³-hybridized carbons (Fsp3) is 0.190. The van der Waals surface area contributed by atoms with E-state index in [-0.39, 0.29) is 16.4 Å². The lowest BCUT2D eigenvalue weighted by atomic mass is 10.1. The van der Waals surface area contributed by atoms with Gasteiger partial charge >= 0.3 is 0 Å². The molecule has 0 aliphatic carbocycles. The Hall–Kier alpha value is -3.06. The maximum atomic E-state index is 14.0. The second kappa shape index (κ2) is 8.13. The molecule has 1 aliphatic heterocycles. The minimum atomic E-state index is -0.621. The highest BCUT2D eigenvalue weighted by Crippen LogP contribution is 2.24. The first kappa shape index (κ1) is 19.3. The fourth-order valence-corrected chi connectivity index (χ4v) is 3.54. The number of piperazine rings is 1. The SMILES string of the molecule is O=C(c1c(F)cccc1Cl)N1CCN(c2cc(-c3ccc(F)cc3)ncn2)CC1. The first-order valence-corrected chi connectivity index (χ1v) is 9.47. The van der Waals surface area contributed by atoms with E-state index in [1.165, 1.54) is 36.7 Å². The number of amides is 1. The molecule has 0 bridgehead atoms. The van der Waals surface area contributed by atoms with Gasteiger partial charge in [0, 0.05) is 37.8 Å². The van der Waals surface area contributed by atoms with Crippen LogP contribution in [0.5, 0.6) is 0 Å². The normalized spacial score (nSPS) is 14.2. The molecule has 1 aromatic heterocycles. The molecular weight excluding hydrogens is 398 g/mol. The van der Waals surface area contributed by atoms with Crippen LogP contribution in [0, 0.1) is 11.6 Å². The molecule has 3 aromatic rings. The number of nitrogens with zero attached hydrogens (tertiary/aromatic N) is 4. The molecule has 1 amide bonds. The van der Waals surface area contributed by atoms with Crippen LogP contribution in [0.2, 0.25) is 5.02 Å². The molecular formula is C21H17ClF2N4O. The van der Waals surface area contributed by atoms with Crippen LogP contribution in [0.4, 0.5) is 14.6 Å². The van der Waals surface area contributed by atoms with Crippen molar-refractivity contribution in [3.63, 3.8) is 0 Å². The fourth-order valence-electron chi connectivity index (χ4n) is 3.30. The van der Waals surface area contributed by atoms with Crippen LogP contribution in [0.25, 0.3) is 11.3 Å². The number of rotatable bonds is 3. The average Bonchev–Trinajstić information content (AvgIpc) is 2.74. The Kier molecular flexibility index (Phi) is 5.40. The highest BCUT2D eigenvalue weighted by atomic mass is 35.5. The molecule has 4 rings (SSSR count). The molecule has 0 atom stereocenters. The highest BCUT2D eigenvalue weighted by molar-refractivity contribution is 6.33. The van der Waals surface area contributed by atoms with Crippen molar-refractivity contribution in [3.05, 3.63) is 77.1 Å². The molecule has 0 unspecified atom stereocenters. The second-order valence-corrected chi connectivity index (χ2v) is 7.05. The van der Waals surface area contributed by atoms with Gasteiger partial charge in [-0.2, -0.15) is 0 Å². The van der Waals surface area contributed by atoms with Crippen LogP contribution < -0.4 is 4.90 Å². The summed E-state index contributed by atoms with van der Waals surface area (Å²) in [4.78, 5) is 24.9. The minimum absolute atomic E-state index is 0.0942. The molecule has 2 aromatic carbocycles. The van der Waals surface area contributed by atoms with E-state index in [9.17, 15) is 13.6 Å². The summed E-state index contributed by atoms with van der Waals surface area (Å²) in [5.41, 5.74) is 1.38. The van der Waals surface area contributed by atoms with Crippen molar-refractivity contribution >= 4 is 23.3 Å². The van der Waals surface area contributed by atoms with Crippen LogP contribution in [-0.4, -0.2) is 47.0 Å². The van der Waals surface area contributed by atoms with E-state index < -0.39 is 11.7 Å². The van der Waals surface area contributed by atoms with Crippen LogP contribution in [-0.2, 0) is 0 Å². The van der Waals surface area contributed by atoms with Gasteiger partial charge in [0.1, 0.15) is 23.8 Å². The molecule has 29 heavy (non-hydrogen) atoms. The third-order valence-electron chi connectivity index (χ3n) is 4.86. The Balaban J connectivity index is 1.47. The summed E-state index contributed by atoms with van der Waals surface area (Å²) < 4.78 is 27.2. The molecule has 148 valence electrons. The first-order chi connectivity index (χ1) is 14.0. The lowest BCUT2D eigenvalue weighted by Gasteiger charge is -2.35. The number of hydrogen-bond acceptors (Lipinski definition) is 4. The molecule has 0 saturated carbocycles. The zero-order valence-electron chi connectivity index (χ0n) is 15.4. The van der Waals surface area contributed by atoms with E-state index in [1.54, 1.807) is 17.0 Å². The van der Waals surface area contributed by atoms with Gasteiger partial charge in [0.05, 0.1) is 16.3 Å². The summed E-state index contributed by atoms with van der Waals surface area (Å²) in [5.74, 6) is -0.624. The number of benzene rings is 2. The predicted octanol–water partition coefficient (Wildman–Crippen LogP) is 4.04. The number of anilines is 1. The molecule has 0 spiro atoms. The number of carbonyl (C=O) groups excluding carboxylic acids is 1. The average molecular weight is 415 g/mol. The maximum Gasteiger partial charge on any atom is 0.258 e. The van der Waals surface area contributed by atoms with Crippen molar-refractivity contribution in [2.24, 2.45) is 0 Å². The topological polar surface area (TPSA) is 49.3 Å². The van der Waals surface area contributed by atoms with E-state index in [1.807, 2.05) is 11.0 Å². The van der Waals surface area contributed by atoms with Gasteiger partial charge in [-0.3, -0.25) is 4.79 Å². The standard InChI is InChI=1S/C21H17ClF2N4O/c22-16-2-1-3-17(24)20(16)21(29)28-10-8-27(9-11-28)19-12-18(25-13-26-19)14-4-6-15(23)7-5-14/h1-7,12-13H,8-11H2. The zero-order chi connectivity index (χ0) is 20.4. The number of carbonyl (C=O) groups is 1. The smallest absolute Gasteiger partial charge is 0.258 e. The van der Waals surface area contributed by atoms with Crippen molar-refractivity contribution in [1.82, 2.24) is 14.9 Å².